The van der Waals surface area contributed by atoms with Crippen molar-refractivity contribution in [3.05, 3.63) is 40.7 Å². The molecule has 3 aromatic rings. The van der Waals surface area contributed by atoms with E-state index in [9.17, 15) is 9.90 Å². The summed E-state index contributed by atoms with van der Waals surface area (Å²) < 4.78 is 12.7. The first-order chi connectivity index (χ1) is 13.8. The number of ether oxygens (including phenoxy) is 2. The Morgan fingerprint density at radius 1 is 1.21 bits per heavy atom. The van der Waals surface area contributed by atoms with Crippen LogP contribution >= 0.6 is 0 Å². The molecule has 0 saturated carbocycles. The summed E-state index contributed by atoms with van der Waals surface area (Å²) >= 11 is 0. The van der Waals surface area contributed by atoms with Crippen molar-refractivity contribution in [3.8, 4) is 17.1 Å². The van der Waals surface area contributed by atoms with Gasteiger partial charge in [0.15, 0.2) is 0 Å². The monoisotopic (exact) mass is 397 g/mol. The summed E-state index contributed by atoms with van der Waals surface area (Å²) in [5, 5.41) is 9.58. The van der Waals surface area contributed by atoms with E-state index in [-0.39, 0.29) is 17.5 Å². The summed E-state index contributed by atoms with van der Waals surface area (Å²) in [4.78, 5) is 21.1. The van der Waals surface area contributed by atoms with Gasteiger partial charge in [0.1, 0.15) is 5.56 Å². The van der Waals surface area contributed by atoms with Gasteiger partial charge < -0.3 is 19.1 Å². The fraction of sp³-hybridized carbons (Fsp3) is 0.409. The zero-order valence-electron chi connectivity index (χ0n) is 17.7. The van der Waals surface area contributed by atoms with Gasteiger partial charge >= 0.3 is 5.97 Å². The molecular formula is C22H27N3O4. The third kappa shape index (κ3) is 3.70. The van der Waals surface area contributed by atoms with E-state index in [1.807, 2.05) is 20.8 Å². The van der Waals surface area contributed by atoms with E-state index in [1.54, 1.807) is 13.2 Å². The number of aromatic nitrogens is 3. The second kappa shape index (κ2) is 8.21. The molecule has 0 aliphatic carbocycles. The molecule has 0 aromatic carbocycles. The Hall–Kier alpha value is -2.93. The molecule has 0 saturated heterocycles. The zero-order chi connectivity index (χ0) is 21.3. The highest BCUT2D eigenvalue weighted by Crippen LogP contribution is 2.33. The van der Waals surface area contributed by atoms with Gasteiger partial charge in [-0.05, 0) is 50.5 Å². The molecule has 0 fully saturated rings. The highest BCUT2D eigenvalue weighted by molar-refractivity contribution is 5.93. The topological polar surface area (TPSA) is 86.5 Å². The number of carbonyl (C=O) groups is 1. The van der Waals surface area contributed by atoms with E-state index in [0.29, 0.717) is 13.0 Å². The number of hydrogen-bond acceptors (Lipinski definition) is 5. The van der Waals surface area contributed by atoms with Crippen molar-refractivity contribution in [1.82, 2.24) is 14.5 Å². The highest BCUT2D eigenvalue weighted by Gasteiger charge is 2.21. The molecule has 0 amide bonds. The van der Waals surface area contributed by atoms with Crippen molar-refractivity contribution in [2.45, 2.75) is 40.2 Å². The molecular weight excluding hydrogens is 370 g/mol. The fourth-order valence-corrected chi connectivity index (χ4v) is 3.70. The third-order valence-corrected chi connectivity index (χ3v) is 5.14. The predicted octanol–water partition coefficient (Wildman–Crippen LogP) is 4.19. The maximum atomic E-state index is 11.7. The van der Waals surface area contributed by atoms with Crippen LogP contribution in [0.25, 0.3) is 22.3 Å². The molecule has 3 aromatic heterocycles. The number of hydrogen-bond donors (Lipinski definition) is 1. The van der Waals surface area contributed by atoms with E-state index >= 15 is 0 Å². The van der Waals surface area contributed by atoms with Crippen molar-refractivity contribution in [1.29, 1.82) is 0 Å². The predicted molar refractivity (Wildman–Crippen MR) is 112 cm³/mol. The lowest BCUT2D eigenvalue weighted by Gasteiger charge is -2.16. The highest BCUT2D eigenvalue weighted by atomic mass is 16.5. The number of fused-ring (bicyclic) bond motifs is 1. The van der Waals surface area contributed by atoms with Crippen molar-refractivity contribution in [2.75, 3.05) is 20.8 Å². The Balaban J connectivity index is 2.25. The molecule has 0 radical (unpaired) electrons. The minimum Gasteiger partial charge on any atom is -0.480 e. The second-order valence-electron chi connectivity index (χ2n) is 7.24. The van der Waals surface area contributed by atoms with Crippen LogP contribution in [0.15, 0.2) is 18.3 Å². The van der Waals surface area contributed by atoms with Crippen molar-refractivity contribution in [2.24, 2.45) is 0 Å². The van der Waals surface area contributed by atoms with Gasteiger partial charge in [-0.2, -0.15) is 0 Å². The largest absolute Gasteiger partial charge is 0.480 e. The number of methoxy groups -OCH3 is 2. The summed E-state index contributed by atoms with van der Waals surface area (Å²) in [6, 6.07) is 3.89. The van der Waals surface area contributed by atoms with Crippen LogP contribution in [-0.4, -0.2) is 46.4 Å². The van der Waals surface area contributed by atoms with Gasteiger partial charge in [0.25, 0.3) is 0 Å². The summed E-state index contributed by atoms with van der Waals surface area (Å²) in [5.41, 5.74) is 6.20. The standard InChI is InChI=1S/C22H27N3O4/c1-7-17-15(9-16(22(26)27)21(23-17)29-6)19-12(2)8-18-20(24-19)13(3)10-25(18)14(4)11-28-5/h8-10,14H,7,11H2,1-6H3,(H,26,27)/t14-/m0/s1. The molecule has 0 aliphatic heterocycles. The average Bonchev–Trinajstić information content (AvgIpc) is 3.02. The quantitative estimate of drug-likeness (QED) is 0.643. The van der Waals surface area contributed by atoms with Crippen LogP contribution in [0.1, 0.15) is 47.1 Å². The van der Waals surface area contributed by atoms with Gasteiger partial charge in [0.05, 0.1) is 42.2 Å². The number of aromatic carboxylic acids is 1. The van der Waals surface area contributed by atoms with Crippen LogP contribution in [-0.2, 0) is 11.2 Å². The summed E-state index contributed by atoms with van der Waals surface area (Å²) in [6.45, 7) is 8.70. The molecule has 0 spiro atoms. The van der Waals surface area contributed by atoms with Crippen molar-refractivity contribution >= 4 is 17.0 Å². The number of pyridine rings is 2. The summed E-state index contributed by atoms with van der Waals surface area (Å²) in [7, 11) is 3.12. The van der Waals surface area contributed by atoms with Crippen LogP contribution < -0.4 is 4.74 Å². The molecule has 1 atom stereocenters. The van der Waals surface area contributed by atoms with Crippen molar-refractivity contribution < 1.29 is 19.4 Å². The molecule has 0 aliphatic rings. The normalized spacial score (nSPS) is 12.3. The van der Waals surface area contributed by atoms with Crippen LogP contribution in [0, 0.1) is 13.8 Å². The Labute approximate surface area is 170 Å². The van der Waals surface area contributed by atoms with Crippen LogP contribution in [0.5, 0.6) is 5.88 Å². The van der Waals surface area contributed by atoms with Gasteiger partial charge in [0, 0.05) is 18.9 Å². The van der Waals surface area contributed by atoms with Crippen LogP contribution in [0.2, 0.25) is 0 Å². The molecule has 3 rings (SSSR count). The number of rotatable bonds is 7. The Morgan fingerprint density at radius 3 is 2.52 bits per heavy atom. The van der Waals surface area contributed by atoms with E-state index in [1.165, 1.54) is 7.11 Å². The maximum Gasteiger partial charge on any atom is 0.341 e. The SMILES string of the molecule is CCc1nc(OC)c(C(=O)O)cc1-c1nc2c(C)cn([C@@H](C)COC)c2cc1C. The van der Waals surface area contributed by atoms with E-state index in [0.717, 1.165) is 39.1 Å². The minimum absolute atomic E-state index is 0.0315. The third-order valence-electron chi connectivity index (χ3n) is 5.14. The lowest BCUT2D eigenvalue weighted by Crippen LogP contribution is -2.10. The van der Waals surface area contributed by atoms with Gasteiger partial charge in [0.2, 0.25) is 5.88 Å². The fourth-order valence-electron chi connectivity index (χ4n) is 3.70. The van der Waals surface area contributed by atoms with Crippen LogP contribution in [0.4, 0.5) is 0 Å². The minimum atomic E-state index is -1.08. The Morgan fingerprint density at radius 2 is 1.93 bits per heavy atom. The maximum absolute atomic E-state index is 11.7. The number of carboxylic acid groups (broad SMARTS) is 1. The smallest absolute Gasteiger partial charge is 0.341 e. The van der Waals surface area contributed by atoms with Crippen LogP contribution in [0.3, 0.4) is 0 Å². The first kappa shape index (κ1) is 20.8. The molecule has 29 heavy (non-hydrogen) atoms. The molecule has 154 valence electrons. The Bertz CT molecular complexity index is 1070. The first-order valence-corrected chi connectivity index (χ1v) is 9.61. The first-order valence-electron chi connectivity index (χ1n) is 9.61. The van der Waals surface area contributed by atoms with E-state index in [2.05, 4.69) is 28.7 Å². The lowest BCUT2D eigenvalue weighted by molar-refractivity contribution is 0.0692. The van der Waals surface area contributed by atoms with Gasteiger partial charge in [-0.15, -0.1) is 0 Å². The van der Waals surface area contributed by atoms with Gasteiger partial charge in [-0.25, -0.2) is 14.8 Å². The lowest BCUT2D eigenvalue weighted by atomic mass is 10.0. The average molecular weight is 397 g/mol. The number of aryl methyl sites for hydroxylation is 3. The number of carboxylic acids is 1. The summed E-state index contributed by atoms with van der Waals surface area (Å²) in [5.74, 6) is -0.958. The summed E-state index contributed by atoms with van der Waals surface area (Å²) in [6.07, 6.45) is 2.72. The number of nitrogens with zero attached hydrogens (tertiary/aromatic N) is 3. The zero-order valence-corrected chi connectivity index (χ0v) is 17.7. The van der Waals surface area contributed by atoms with Gasteiger partial charge in [-0.1, -0.05) is 6.92 Å². The molecule has 7 heteroatoms. The Kier molecular flexibility index (Phi) is 5.88. The van der Waals surface area contributed by atoms with E-state index in [4.69, 9.17) is 14.5 Å². The molecule has 7 nitrogen and oxygen atoms in total. The second-order valence-corrected chi connectivity index (χ2v) is 7.24. The molecule has 3 heterocycles. The van der Waals surface area contributed by atoms with Crippen molar-refractivity contribution in [3.63, 3.8) is 0 Å². The molecule has 0 unspecified atom stereocenters. The van der Waals surface area contributed by atoms with E-state index < -0.39 is 5.97 Å². The molecule has 0 bridgehead atoms. The van der Waals surface area contributed by atoms with Gasteiger partial charge in [-0.3, -0.25) is 0 Å². The molecule has 1 N–H and O–H groups in total.